The number of hydrogen-bond acceptors (Lipinski definition) is 4. The van der Waals surface area contributed by atoms with Crippen molar-refractivity contribution in [2.75, 3.05) is 51.2 Å². The van der Waals surface area contributed by atoms with Gasteiger partial charge in [0.1, 0.15) is 6.54 Å². The largest absolute Gasteiger partial charge is 0.416 e. The van der Waals surface area contributed by atoms with E-state index >= 15 is 0 Å². The zero-order chi connectivity index (χ0) is 29.0. The molecule has 216 valence electrons. The Kier molecular flexibility index (Phi) is 8.63. The van der Waals surface area contributed by atoms with Crippen LogP contribution in [0.2, 0.25) is 0 Å². The van der Waals surface area contributed by atoms with Gasteiger partial charge in [0.05, 0.1) is 11.6 Å². The van der Waals surface area contributed by atoms with Crippen molar-refractivity contribution in [1.29, 1.82) is 0 Å². The lowest BCUT2D eigenvalue weighted by molar-refractivity contribution is -0.139. The first-order valence-electron chi connectivity index (χ1n) is 14.0. The standard InChI is InChI=1S/C32H35F3N4O2/c1-36-16-18-37(19-17-36)28-14-11-26(12-15-28)31(41)38-22-29(13-10-24-6-3-2-4-7-24)39(30(40)23-38)21-25-8-5-9-27(20-25)32(33,34)35/h2-9,11-12,14-15,20,29H,10,13,16-19,21-23H2,1H3/t29-/m0/s1. The SMILES string of the molecule is CN1CCN(c2ccc(C(=O)N3CC(=O)N(Cc4cccc(C(F)(F)F)c4)[C@@H](CCc4ccccc4)C3)cc2)CC1. The minimum absolute atomic E-state index is 0.0595. The molecule has 0 saturated carbocycles. The van der Waals surface area contributed by atoms with E-state index in [1.807, 2.05) is 54.6 Å². The van der Waals surface area contributed by atoms with Gasteiger partial charge in [-0.05, 0) is 67.4 Å². The number of likely N-dealkylation sites (N-methyl/N-ethyl adjacent to an activating group) is 1. The van der Waals surface area contributed by atoms with Gasteiger partial charge < -0.3 is 19.6 Å². The van der Waals surface area contributed by atoms with Crippen molar-refractivity contribution < 1.29 is 22.8 Å². The molecule has 0 radical (unpaired) electrons. The molecule has 6 nitrogen and oxygen atoms in total. The number of alkyl halides is 3. The third kappa shape index (κ3) is 7.08. The summed E-state index contributed by atoms with van der Waals surface area (Å²) in [4.78, 5) is 34.8. The number of anilines is 1. The van der Waals surface area contributed by atoms with Crippen LogP contribution >= 0.6 is 0 Å². The van der Waals surface area contributed by atoms with E-state index in [0.717, 1.165) is 49.6 Å². The smallest absolute Gasteiger partial charge is 0.369 e. The molecular weight excluding hydrogens is 529 g/mol. The van der Waals surface area contributed by atoms with E-state index in [0.29, 0.717) is 30.5 Å². The van der Waals surface area contributed by atoms with Gasteiger partial charge in [-0.1, -0.05) is 42.5 Å². The Bertz CT molecular complexity index is 1340. The van der Waals surface area contributed by atoms with Gasteiger partial charge in [0.25, 0.3) is 5.91 Å². The number of halogens is 3. The van der Waals surface area contributed by atoms with Gasteiger partial charge in [-0.2, -0.15) is 13.2 Å². The number of rotatable bonds is 7. The second-order valence-corrected chi connectivity index (χ2v) is 10.9. The summed E-state index contributed by atoms with van der Waals surface area (Å²) in [5, 5.41) is 0. The number of aryl methyl sites for hydroxylation is 1. The molecule has 3 aromatic carbocycles. The third-order valence-electron chi connectivity index (χ3n) is 8.00. The first-order valence-corrected chi connectivity index (χ1v) is 14.0. The van der Waals surface area contributed by atoms with Crippen LogP contribution in [0.4, 0.5) is 18.9 Å². The summed E-state index contributed by atoms with van der Waals surface area (Å²) in [7, 11) is 2.10. The van der Waals surface area contributed by atoms with Gasteiger partial charge >= 0.3 is 6.18 Å². The van der Waals surface area contributed by atoms with E-state index in [4.69, 9.17) is 0 Å². The van der Waals surface area contributed by atoms with Crippen molar-refractivity contribution in [3.05, 3.63) is 101 Å². The molecule has 2 fully saturated rings. The summed E-state index contributed by atoms with van der Waals surface area (Å²) in [6.07, 6.45) is -3.20. The van der Waals surface area contributed by atoms with Crippen LogP contribution in [-0.4, -0.2) is 78.9 Å². The van der Waals surface area contributed by atoms with Crippen LogP contribution < -0.4 is 4.90 Å². The average Bonchev–Trinajstić information content (AvgIpc) is 2.98. The Morgan fingerprint density at radius 2 is 1.56 bits per heavy atom. The Labute approximate surface area is 239 Å². The molecule has 0 aliphatic carbocycles. The number of hydrogen-bond donors (Lipinski definition) is 0. The normalized spacial score (nSPS) is 18.6. The molecule has 0 bridgehead atoms. The molecule has 0 aromatic heterocycles. The molecule has 2 saturated heterocycles. The molecule has 41 heavy (non-hydrogen) atoms. The quantitative estimate of drug-likeness (QED) is 0.408. The van der Waals surface area contributed by atoms with Gasteiger partial charge in [-0.25, -0.2) is 0 Å². The molecule has 1 atom stereocenters. The fraction of sp³-hybridized carbons (Fsp3) is 0.375. The first-order chi connectivity index (χ1) is 19.7. The van der Waals surface area contributed by atoms with Crippen LogP contribution in [0.25, 0.3) is 0 Å². The average molecular weight is 565 g/mol. The monoisotopic (exact) mass is 564 g/mol. The van der Waals surface area contributed by atoms with E-state index in [1.54, 1.807) is 15.9 Å². The second-order valence-electron chi connectivity index (χ2n) is 10.9. The van der Waals surface area contributed by atoms with Crippen LogP contribution in [0.1, 0.15) is 33.5 Å². The summed E-state index contributed by atoms with van der Waals surface area (Å²) in [6.45, 7) is 4.08. The van der Waals surface area contributed by atoms with Crippen molar-refractivity contribution in [2.45, 2.75) is 31.6 Å². The number of benzene rings is 3. The maximum Gasteiger partial charge on any atom is 0.416 e. The predicted octanol–water partition coefficient (Wildman–Crippen LogP) is 4.94. The Balaban J connectivity index is 1.32. The fourth-order valence-electron chi connectivity index (χ4n) is 5.58. The highest BCUT2D eigenvalue weighted by Crippen LogP contribution is 2.30. The van der Waals surface area contributed by atoms with Crippen LogP contribution in [-0.2, 0) is 23.9 Å². The van der Waals surface area contributed by atoms with Gasteiger partial charge in [0.2, 0.25) is 5.91 Å². The van der Waals surface area contributed by atoms with E-state index in [-0.39, 0.29) is 30.9 Å². The van der Waals surface area contributed by atoms with Crippen molar-refractivity contribution >= 4 is 17.5 Å². The summed E-state index contributed by atoms with van der Waals surface area (Å²) >= 11 is 0. The summed E-state index contributed by atoms with van der Waals surface area (Å²) in [5.74, 6) is -0.485. The summed E-state index contributed by atoms with van der Waals surface area (Å²) in [6, 6.07) is 22.2. The number of amides is 2. The minimum atomic E-state index is -4.46. The minimum Gasteiger partial charge on any atom is -0.369 e. The van der Waals surface area contributed by atoms with Crippen molar-refractivity contribution in [3.63, 3.8) is 0 Å². The predicted molar refractivity (Wildman–Crippen MR) is 153 cm³/mol. The lowest BCUT2D eigenvalue weighted by Crippen LogP contribution is -2.57. The Morgan fingerprint density at radius 1 is 0.878 bits per heavy atom. The van der Waals surface area contributed by atoms with Crippen LogP contribution in [0.15, 0.2) is 78.9 Å². The zero-order valence-corrected chi connectivity index (χ0v) is 23.2. The molecule has 3 aromatic rings. The van der Waals surface area contributed by atoms with Crippen molar-refractivity contribution in [2.24, 2.45) is 0 Å². The Morgan fingerprint density at radius 3 is 2.24 bits per heavy atom. The van der Waals surface area contributed by atoms with Gasteiger partial charge in [-0.3, -0.25) is 9.59 Å². The lowest BCUT2D eigenvalue weighted by atomic mass is 9.99. The second kappa shape index (κ2) is 12.3. The zero-order valence-electron chi connectivity index (χ0n) is 23.2. The van der Waals surface area contributed by atoms with Crippen molar-refractivity contribution in [3.8, 4) is 0 Å². The summed E-state index contributed by atoms with van der Waals surface area (Å²) < 4.78 is 40.0. The molecule has 0 spiro atoms. The number of carbonyl (C=O) groups is 2. The Hall–Kier alpha value is -3.85. The van der Waals surface area contributed by atoms with E-state index in [2.05, 4.69) is 16.8 Å². The highest BCUT2D eigenvalue weighted by atomic mass is 19.4. The van der Waals surface area contributed by atoms with Crippen LogP contribution in [0.3, 0.4) is 0 Å². The molecule has 9 heteroatoms. The highest BCUT2D eigenvalue weighted by Gasteiger charge is 2.36. The van der Waals surface area contributed by atoms with Gasteiger partial charge in [0.15, 0.2) is 0 Å². The number of carbonyl (C=O) groups excluding carboxylic acids is 2. The van der Waals surface area contributed by atoms with E-state index in [9.17, 15) is 22.8 Å². The maximum absolute atomic E-state index is 13.5. The number of piperazine rings is 2. The fourth-order valence-corrected chi connectivity index (χ4v) is 5.58. The summed E-state index contributed by atoms with van der Waals surface area (Å²) in [5.41, 5.74) is 2.36. The molecule has 2 amide bonds. The molecule has 0 N–H and O–H groups in total. The maximum atomic E-state index is 13.5. The molecular formula is C32H35F3N4O2. The van der Waals surface area contributed by atoms with Crippen molar-refractivity contribution in [1.82, 2.24) is 14.7 Å². The van der Waals surface area contributed by atoms with Crippen LogP contribution in [0.5, 0.6) is 0 Å². The molecule has 5 rings (SSSR count). The topological polar surface area (TPSA) is 47.1 Å². The molecule has 2 heterocycles. The third-order valence-corrected chi connectivity index (χ3v) is 8.00. The first kappa shape index (κ1) is 28.7. The van der Waals surface area contributed by atoms with Crippen LogP contribution in [0, 0.1) is 0 Å². The van der Waals surface area contributed by atoms with Gasteiger partial charge in [0, 0.05) is 50.5 Å². The highest BCUT2D eigenvalue weighted by molar-refractivity contribution is 5.97. The molecule has 0 unspecified atom stereocenters. The molecule has 2 aliphatic heterocycles. The molecule has 2 aliphatic rings. The van der Waals surface area contributed by atoms with E-state index < -0.39 is 11.7 Å². The van der Waals surface area contributed by atoms with Gasteiger partial charge in [-0.15, -0.1) is 0 Å². The lowest BCUT2D eigenvalue weighted by Gasteiger charge is -2.41. The van der Waals surface area contributed by atoms with E-state index in [1.165, 1.54) is 6.07 Å². The number of nitrogens with zero attached hydrogens (tertiary/aromatic N) is 4.